The highest BCUT2D eigenvalue weighted by Gasteiger charge is 2.12. The van der Waals surface area contributed by atoms with Crippen LogP contribution in [0, 0.1) is 8.73 Å². The molecule has 2 aromatic heterocycles. The summed E-state index contributed by atoms with van der Waals surface area (Å²) in [6.07, 6.45) is 1.95. The van der Waals surface area contributed by atoms with Gasteiger partial charge in [-0.2, -0.15) is 0 Å². The monoisotopic (exact) mass is 363 g/mol. The lowest BCUT2D eigenvalue weighted by Gasteiger charge is -2.08. The van der Waals surface area contributed by atoms with Gasteiger partial charge < -0.3 is 9.55 Å². The number of unbranched alkanes of at least 4 members (excludes halogenated alkanes) is 1. The van der Waals surface area contributed by atoms with Crippen LogP contribution in [-0.4, -0.2) is 14.1 Å². The Balaban J connectivity index is 2.15. The van der Waals surface area contributed by atoms with E-state index in [9.17, 15) is 4.79 Å². The van der Waals surface area contributed by atoms with E-state index in [2.05, 4.69) is 11.9 Å². The van der Waals surface area contributed by atoms with Crippen molar-refractivity contribution in [2.24, 2.45) is 0 Å². The van der Waals surface area contributed by atoms with Gasteiger partial charge in [-0.1, -0.05) is 55.0 Å². The van der Waals surface area contributed by atoms with Crippen molar-refractivity contribution in [2.75, 3.05) is 0 Å². The molecule has 120 valence electrons. The van der Waals surface area contributed by atoms with Crippen LogP contribution >= 0.6 is 35.8 Å². The standard InChI is InChI=1S/C16H17N3OS3/c1-2-3-9-18-14(20)12-13(17-15(18)21)19(16(22)23-12)10-11-7-5-4-6-8-11/h4-8H,2-3,9-10H2,1H3,(H,17,21). The summed E-state index contributed by atoms with van der Waals surface area (Å²) in [6, 6.07) is 10.1. The van der Waals surface area contributed by atoms with Gasteiger partial charge in [0.1, 0.15) is 10.3 Å². The third-order valence-electron chi connectivity index (χ3n) is 3.72. The van der Waals surface area contributed by atoms with Crippen molar-refractivity contribution in [2.45, 2.75) is 32.9 Å². The molecule has 4 nitrogen and oxygen atoms in total. The zero-order valence-electron chi connectivity index (χ0n) is 12.7. The van der Waals surface area contributed by atoms with Crippen molar-refractivity contribution < 1.29 is 0 Å². The Labute approximate surface area is 148 Å². The number of rotatable bonds is 5. The second kappa shape index (κ2) is 6.90. The van der Waals surface area contributed by atoms with E-state index in [1.807, 2.05) is 34.9 Å². The van der Waals surface area contributed by atoms with Gasteiger partial charge in [-0.15, -0.1) is 0 Å². The first-order valence-corrected chi connectivity index (χ1v) is 9.15. The molecular weight excluding hydrogens is 346 g/mol. The van der Waals surface area contributed by atoms with Crippen LogP contribution in [0.25, 0.3) is 10.3 Å². The molecule has 7 heteroatoms. The van der Waals surface area contributed by atoms with Crippen molar-refractivity contribution in [1.82, 2.24) is 14.1 Å². The van der Waals surface area contributed by atoms with E-state index in [0.717, 1.165) is 24.1 Å². The number of benzene rings is 1. The first-order valence-electron chi connectivity index (χ1n) is 7.52. The molecule has 0 radical (unpaired) electrons. The highest BCUT2D eigenvalue weighted by molar-refractivity contribution is 7.73. The molecule has 3 aromatic rings. The molecule has 1 aromatic carbocycles. The molecule has 0 spiro atoms. The van der Waals surface area contributed by atoms with E-state index in [0.29, 0.717) is 26.5 Å². The second-order valence-electron chi connectivity index (χ2n) is 5.36. The maximum absolute atomic E-state index is 12.7. The predicted octanol–water partition coefficient (Wildman–Crippen LogP) is 4.50. The van der Waals surface area contributed by atoms with E-state index in [1.54, 1.807) is 4.57 Å². The highest BCUT2D eigenvalue weighted by Crippen LogP contribution is 2.19. The summed E-state index contributed by atoms with van der Waals surface area (Å²) in [4.78, 5) is 15.9. The average molecular weight is 364 g/mol. The van der Waals surface area contributed by atoms with Crippen LogP contribution in [0.15, 0.2) is 35.1 Å². The van der Waals surface area contributed by atoms with E-state index < -0.39 is 0 Å². The van der Waals surface area contributed by atoms with Gasteiger partial charge >= 0.3 is 0 Å². The minimum atomic E-state index is -0.0416. The number of H-pyrrole nitrogens is 1. The average Bonchev–Trinajstić information content (AvgIpc) is 2.85. The van der Waals surface area contributed by atoms with Crippen molar-refractivity contribution >= 4 is 46.1 Å². The Morgan fingerprint density at radius 3 is 2.61 bits per heavy atom. The lowest BCUT2D eigenvalue weighted by Crippen LogP contribution is -2.22. The number of aromatic nitrogens is 3. The zero-order valence-corrected chi connectivity index (χ0v) is 15.2. The van der Waals surface area contributed by atoms with Crippen LogP contribution < -0.4 is 5.56 Å². The molecule has 0 unspecified atom stereocenters. The Kier molecular flexibility index (Phi) is 4.89. The Morgan fingerprint density at radius 1 is 1.17 bits per heavy atom. The van der Waals surface area contributed by atoms with E-state index in [1.165, 1.54) is 11.3 Å². The van der Waals surface area contributed by atoms with E-state index in [-0.39, 0.29) is 5.56 Å². The fraction of sp³-hybridized carbons (Fsp3) is 0.312. The number of hydrogen-bond donors (Lipinski definition) is 1. The molecule has 23 heavy (non-hydrogen) atoms. The minimum absolute atomic E-state index is 0.0416. The van der Waals surface area contributed by atoms with Gasteiger partial charge in [-0.25, -0.2) is 0 Å². The molecule has 0 amide bonds. The SMILES string of the molecule is CCCCn1c(=S)[nH]c2c(sc(=S)n2Cc2ccccc2)c1=O. The number of aromatic amines is 1. The van der Waals surface area contributed by atoms with E-state index >= 15 is 0 Å². The Hall–Kier alpha value is -1.57. The number of hydrogen-bond acceptors (Lipinski definition) is 4. The molecule has 1 N–H and O–H groups in total. The molecule has 0 fully saturated rings. The Bertz CT molecular complexity index is 995. The number of thiazole rings is 1. The fourth-order valence-electron chi connectivity index (χ4n) is 2.49. The van der Waals surface area contributed by atoms with Crippen LogP contribution in [0.3, 0.4) is 0 Å². The number of nitrogens with zero attached hydrogens (tertiary/aromatic N) is 2. The second-order valence-corrected chi connectivity index (χ2v) is 7.39. The van der Waals surface area contributed by atoms with Crippen LogP contribution in [0.4, 0.5) is 0 Å². The van der Waals surface area contributed by atoms with Gasteiger partial charge in [0.25, 0.3) is 5.56 Å². The summed E-state index contributed by atoms with van der Waals surface area (Å²) >= 11 is 12.2. The predicted molar refractivity (Wildman–Crippen MR) is 101 cm³/mol. The zero-order chi connectivity index (χ0) is 16.4. The first kappa shape index (κ1) is 16.3. The van der Waals surface area contributed by atoms with Crippen molar-refractivity contribution in [3.05, 3.63) is 55.0 Å². The summed E-state index contributed by atoms with van der Waals surface area (Å²) in [7, 11) is 0. The largest absolute Gasteiger partial charge is 0.317 e. The van der Waals surface area contributed by atoms with Crippen LogP contribution in [0.5, 0.6) is 0 Å². The molecule has 0 aliphatic carbocycles. The van der Waals surface area contributed by atoms with Crippen LogP contribution in [0.1, 0.15) is 25.3 Å². The van der Waals surface area contributed by atoms with Gasteiger partial charge in [-0.05, 0) is 36.4 Å². The summed E-state index contributed by atoms with van der Waals surface area (Å²) in [5, 5.41) is 0. The van der Waals surface area contributed by atoms with Gasteiger partial charge in [0.05, 0.1) is 6.54 Å². The maximum Gasteiger partial charge on any atom is 0.273 e. The van der Waals surface area contributed by atoms with Gasteiger partial charge in [0.2, 0.25) is 0 Å². The Morgan fingerprint density at radius 2 is 1.91 bits per heavy atom. The highest BCUT2D eigenvalue weighted by atomic mass is 32.1. The summed E-state index contributed by atoms with van der Waals surface area (Å²) in [6.45, 7) is 3.37. The lowest BCUT2D eigenvalue weighted by atomic mass is 10.2. The normalized spacial score (nSPS) is 11.2. The quantitative estimate of drug-likeness (QED) is 0.679. The first-order chi connectivity index (χ1) is 11.1. The lowest BCUT2D eigenvalue weighted by molar-refractivity contribution is 0.600. The summed E-state index contributed by atoms with van der Waals surface area (Å²) in [5.41, 5.74) is 1.82. The summed E-state index contributed by atoms with van der Waals surface area (Å²) < 4.78 is 5.38. The van der Waals surface area contributed by atoms with E-state index in [4.69, 9.17) is 24.4 Å². The molecule has 0 atom stereocenters. The number of nitrogens with one attached hydrogen (secondary N) is 1. The van der Waals surface area contributed by atoms with Gasteiger partial charge in [-0.3, -0.25) is 9.36 Å². The topological polar surface area (TPSA) is 42.7 Å². The van der Waals surface area contributed by atoms with Crippen molar-refractivity contribution in [3.63, 3.8) is 0 Å². The molecule has 0 aliphatic rings. The van der Waals surface area contributed by atoms with Crippen molar-refractivity contribution in [1.29, 1.82) is 0 Å². The fourth-order valence-corrected chi connectivity index (χ4v) is 4.06. The van der Waals surface area contributed by atoms with Crippen LogP contribution in [0.2, 0.25) is 0 Å². The third-order valence-corrected chi connectivity index (χ3v) is 5.48. The molecule has 0 aliphatic heterocycles. The molecule has 2 heterocycles. The molecule has 0 bridgehead atoms. The molecule has 0 saturated carbocycles. The smallest absolute Gasteiger partial charge is 0.273 e. The maximum atomic E-state index is 12.7. The van der Waals surface area contributed by atoms with Gasteiger partial charge in [0.15, 0.2) is 8.73 Å². The molecule has 3 rings (SSSR count). The van der Waals surface area contributed by atoms with Gasteiger partial charge in [0, 0.05) is 6.54 Å². The number of fused-ring (bicyclic) bond motifs is 1. The van der Waals surface area contributed by atoms with Crippen molar-refractivity contribution in [3.8, 4) is 0 Å². The summed E-state index contributed by atoms with van der Waals surface area (Å²) in [5.74, 6) is 0. The molecular formula is C16H17N3OS3. The molecule has 0 saturated heterocycles. The van der Waals surface area contributed by atoms with Crippen LogP contribution in [-0.2, 0) is 13.1 Å². The minimum Gasteiger partial charge on any atom is -0.317 e. The third kappa shape index (κ3) is 3.22.